The van der Waals surface area contributed by atoms with Crippen molar-refractivity contribution in [2.75, 3.05) is 6.54 Å². The van der Waals surface area contributed by atoms with Crippen molar-refractivity contribution < 1.29 is 10.2 Å². The van der Waals surface area contributed by atoms with Gasteiger partial charge in [-0.2, -0.15) is 0 Å². The lowest BCUT2D eigenvalue weighted by atomic mass is 10.1. The maximum atomic E-state index is 10.3. The number of benzene rings is 2. The van der Waals surface area contributed by atoms with E-state index >= 15 is 0 Å². The number of nitrogens with one attached hydrogen (secondary N) is 1. The van der Waals surface area contributed by atoms with Gasteiger partial charge < -0.3 is 15.5 Å². The van der Waals surface area contributed by atoms with Crippen LogP contribution in [0.25, 0.3) is 0 Å². The number of hydrogen-bond donors (Lipinski definition) is 3. The van der Waals surface area contributed by atoms with Crippen LogP contribution in [0.15, 0.2) is 42.5 Å². The highest BCUT2D eigenvalue weighted by Gasteiger charge is 2.30. The summed E-state index contributed by atoms with van der Waals surface area (Å²) in [5.41, 5.74) is 2.94. The van der Waals surface area contributed by atoms with Crippen LogP contribution in [-0.2, 0) is 6.42 Å². The van der Waals surface area contributed by atoms with Gasteiger partial charge in [0.25, 0.3) is 0 Å². The summed E-state index contributed by atoms with van der Waals surface area (Å²) in [6, 6.07) is 12.9. The Balaban J connectivity index is 1.68. The monoisotopic (exact) mass is 337 g/mol. The molecule has 3 rings (SSSR count). The van der Waals surface area contributed by atoms with E-state index in [1.54, 1.807) is 18.2 Å². The van der Waals surface area contributed by atoms with Crippen LogP contribution in [0.5, 0.6) is 0 Å². The molecule has 22 heavy (non-hydrogen) atoms. The maximum Gasteiger partial charge on any atom is 0.0915 e. The van der Waals surface area contributed by atoms with Gasteiger partial charge in [0.05, 0.1) is 28.3 Å². The number of aliphatic hydroxyl groups excluding tert-OH is 2. The first-order valence-corrected chi connectivity index (χ1v) is 7.94. The molecule has 5 heteroatoms. The van der Waals surface area contributed by atoms with Gasteiger partial charge in [-0.05, 0) is 28.8 Å². The Morgan fingerprint density at radius 3 is 2.68 bits per heavy atom. The van der Waals surface area contributed by atoms with Crippen LogP contribution in [0.1, 0.15) is 28.8 Å². The van der Waals surface area contributed by atoms with Crippen molar-refractivity contribution in [2.24, 2.45) is 0 Å². The van der Waals surface area contributed by atoms with Crippen molar-refractivity contribution in [2.45, 2.75) is 24.7 Å². The van der Waals surface area contributed by atoms with Gasteiger partial charge in [0.15, 0.2) is 0 Å². The average Bonchev–Trinajstić information content (AvgIpc) is 2.83. The molecule has 1 aliphatic carbocycles. The molecular weight excluding hydrogens is 321 g/mol. The summed E-state index contributed by atoms with van der Waals surface area (Å²) < 4.78 is 0. The largest absolute Gasteiger partial charge is 0.391 e. The van der Waals surface area contributed by atoms with E-state index in [9.17, 15) is 10.2 Å². The Hall–Kier alpha value is -1.10. The predicted octanol–water partition coefficient (Wildman–Crippen LogP) is 3.27. The molecule has 0 saturated carbocycles. The molecule has 0 unspecified atom stereocenters. The van der Waals surface area contributed by atoms with Crippen LogP contribution in [0, 0.1) is 0 Å². The summed E-state index contributed by atoms with van der Waals surface area (Å²) in [6.07, 6.45) is -0.551. The minimum Gasteiger partial charge on any atom is -0.391 e. The highest BCUT2D eigenvalue weighted by atomic mass is 35.5. The molecule has 116 valence electrons. The van der Waals surface area contributed by atoms with E-state index in [1.165, 1.54) is 0 Å². The van der Waals surface area contributed by atoms with Crippen molar-refractivity contribution >= 4 is 23.2 Å². The Morgan fingerprint density at radius 1 is 1.14 bits per heavy atom. The van der Waals surface area contributed by atoms with Crippen LogP contribution >= 0.6 is 23.2 Å². The zero-order chi connectivity index (χ0) is 15.7. The lowest BCUT2D eigenvalue weighted by Crippen LogP contribution is -2.32. The molecule has 3 atom stereocenters. The van der Waals surface area contributed by atoms with E-state index in [0.717, 1.165) is 11.1 Å². The number of fused-ring (bicyclic) bond motifs is 1. The lowest BCUT2D eigenvalue weighted by Gasteiger charge is -2.20. The quantitative estimate of drug-likeness (QED) is 0.802. The lowest BCUT2D eigenvalue weighted by molar-refractivity contribution is 0.120. The summed E-state index contributed by atoms with van der Waals surface area (Å²) >= 11 is 11.9. The fraction of sp³-hybridized carbons (Fsp3) is 0.294. The summed E-state index contributed by atoms with van der Waals surface area (Å²) in [6.45, 7) is 0.327. The van der Waals surface area contributed by atoms with Gasteiger partial charge in [-0.3, -0.25) is 0 Å². The molecular formula is C17H17Cl2NO2. The van der Waals surface area contributed by atoms with Crippen LogP contribution in [-0.4, -0.2) is 22.9 Å². The second-order valence-corrected chi connectivity index (χ2v) is 6.36. The molecule has 0 amide bonds. The molecule has 0 fully saturated rings. The third-order valence-electron chi connectivity index (χ3n) is 4.06. The highest BCUT2D eigenvalue weighted by Crippen LogP contribution is 2.32. The molecule has 0 spiro atoms. The van der Waals surface area contributed by atoms with E-state index in [0.29, 0.717) is 28.6 Å². The van der Waals surface area contributed by atoms with E-state index in [2.05, 4.69) is 5.32 Å². The molecule has 3 nitrogen and oxygen atoms in total. The van der Waals surface area contributed by atoms with E-state index in [1.807, 2.05) is 24.3 Å². The minimum atomic E-state index is -0.713. The molecule has 2 aromatic carbocycles. The second-order valence-electron chi connectivity index (χ2n) is 5.55. The van der Waals surface area contributed by atoms with Crippen LogP contribution < -0.4 is 5.32 Å². The molecule has 0 aliphatic heterocycles. The van der Waals surface area contributed by atoms with Crippen LogP contribution in [0.4, 0.5) is 0 Å². The first-order chi connectivity index (χ1) is 10.6. The third-order valence-corrected chi connectivity index (χ3v) is 4.80. The van der Waals surface area contributed by atoms with Gasteiger partial charge >= 0.3 is 0 Å². The number of halogens is 2. The Kier molecular flexibility index (Phi) is 4.71. The zero-order valence-electron chi connectivity index (χ0n) is 11.8. The topological polar surface area (TPSA) is 52.5 Å². The molecule has 0 heterocycles. The van der Waals surface area contributed by atoms with Crippen molar-refractivity contribution in [1.29, 1.82) is 0 Å². The highest BCUT2D eigenvalue weighted by molar-refractivity contribution is 6.42. The molecule has 1 aliphatic rings. The van der Waals surface area contributed by atoms with Gasteiger partial charge in [0.2, 0.25) is 0 Å². The molecule has 0 bridgehead atoms. The Morgan fingerprint density at radius 2 is 1.91 bits per heavy atom. The molecule has 0 radical (unpaired) electrons. The summed E-state index contributed by atoms with van der Waals surface area (Å²) in [7, 11) is 0. The molecule has 0 saturated heterocycles. The van der Waals surface area contributed by atoms with Gasteiger partial charge in [0.1, 0.15) is 0 Å². The van der Waals surface area contributed by atoms with Crippen LogP contribution in [0.3, 0.4) is 0 Å². The number of rotatable bonds is 4. The zero-order valence-corrected chi connectivity index (χ0v) is 13.3. The van der Waals surface area contributed by atoms with Crippen molar-refractivity contribution in [3.63, 3.8) is 0 Å². The van der Waals surface area contributed by atoms with E-state index in [-0.39, 0.29) is 6.04 Å². The molecule has 0 aromatic heterocycles. The van der Waals surface area contributed by atoms with Crippen molar-refractivity contribution in [3.05, 3.63) is 69.2 Å². The number of hydrogen-bond acceptors (Lipinski definition) is 3. The average molecular weight is 338 g/mol. The minimum absolute atomic E-state index is 0.159. The fourth-order valence-electron chi connectivity index (χ4n) is 2.90. The predicted molar refractivity (Wildman–Crippen MR) is 88.3 cm³/mol. The Bertz CT molecular complexity index is 677. The van der Waals surface area contributed by atoms with Crippen molar-refractivity contribution in [1.82, 2.24) is 5.32 Å². The first-order valence-electron chi connectivity index (χ1n) is 7.18. The smallest absolute Gasteiger partial charge is 0.0915 e. The number of aliphatic hydroxyl groups is 2. The van der Waals surface area contributed by atoms with Crippen molar-refractivity contribution in [3.8, 4) is 0 Å². The maximum absolute atomic E-state index is 10.3. The van der Waals surface area contributed by atoms with Gasteiger partial charge in [0, 0.05) is 13.0 Å². The first kappa shape index (κ1) is 15.8. The molecule has 3 N–H and O–H groups in total. The normalized spacial score (nSPS) is 21.6. The fourth-order valence-corrected chi connectivity index (χ4v) is 3.20. The van der Waals surface area contributed by atoms with Gasteiger partial charge in [-0.15, -0.1) is 0 Å². The standard InChI is InChI=1S/C17H17Cl2NO2/c18-13-6-5-11(7-14(13)19)16(22)9-20-17-12-4-2-1-3-10(12)8-15(17)21/h1-7,15-17,20-22H,8-9H2/t15-,16-,17+/m0/s1. The Labute approximate surface area is 139 Å². The van der Waals surface area contributed by atoms with Crippen LogP contribution in [0.2, 0.25) is 10.0 Å². The second kappa shape index (κ2) is 6.57. The summed E-state index contributed by atoms with van der Waals surface area (Å²) in [4.78, 5) is 0. The molecule has 2 aromatic rings. The summed E-state index contributed by atoms with van der Waals surface area (Å²) in [5, 5.41) is 24.6. The van der Waals surface area contributed by atoms with Gasteiger partial charge in [-0.1, -0.05) is 53.5 Å². The SMILES string of the molecule is O[C@@H](CN[C@@H]1c2ccccc2C[C@@H]1O)c1ccc(Cl)c(Cl)c1. The summed E-state index contributed by atoms with van der Waals surface area (Å²) in [5.74, 6) is 0. The third kappa shape index (κ3) is 3.14. The van der Waals surface area contributed by atoms with E-state index < -0.39 is 12.2 Å². The van der Waals surface area contributed by atoms with E-state index in [4.69, 9.17) is 23.2 Å². The van der Waals surface area contributed by atoms with Gasteiger partial charge in [-0.25, -0.2) is 0 Å².